The van der Waals surface area contributed by atoms with Crippen molar-refractivity contribution in [3.63, 3.8) is 0 Å². The molecule has 186 valence electrons. The van der Waals surface area contributed by atoms with E-state index in [1.54, 1.807) is 35.7 Å². The Kier molecular flexibility index (Phi) is 7.81. The van der Waals surface area contributed by atoms with Crippen molar-refractivity contribution in [2.45, 2.75) is 19.3 Å². The average Bonchev–Trinajstić information content (AvgIpc) is 3.40. The van der Waals surface area contributed by atoms with E-state index >= 15 is 0 Å². The van der Waals surface area contributed by atoms with Crippen LogP contribution in [-0.2, 0) is 24.8 Å². The highest BCUT2D eigenvalue weighted by atomic mass is 32.2. The van der Waals surface area contributed by atoms with Crippen LogP contribution in [0.3, 0.4) is 0 Å². The van der Waals surface area contributed by atoms with Gasteiger partial charge in [-0.2, -0.15) is 0 Å². The fourth-order valence-corrected chi connectivity index (χ4v) is 6.79. The predicted octanol–water partition coefficient (Wildman–Crippen LogP) is 4.67. The zero-order valence-corrected chi connectivity index (χ0v) is 21.8. The lowest BCUT2D eigenvalue weighted by atomic mass is 10.1. The third kappa shape index (κ3) is 6.53. The van der Waals surface area contributed by atoms with Gasteiger partial charge >= 0.3 is 0 Å². The third-order valence-corrected chi connectivity index (χ3v) is 9.89. The van der Waals surface area contributed by atoms with E-state index in [0.29, 0.717) is 11.4 Å². The molecule has 4 aromatic rings. The summed E-state index contributed by atoms with van der Waals surface area (Å²) in [6.07, 6.45) is 0. The van der Waals surface area contributed by atoms with Gasteiger partial charge in [0.2, 0.25) is 15.9 Å². The van der Waals surface area contributed by atoms with Gasteiger partial charge in [0.15, 0.2) is 0 Å². The number of nitrogens with one attached hydrogen (secondary N) is 2. The fraction of sp³-hybridized carbons (Fsp3) is 0.0417. The number of sulfonamides is 2. The highest BCUT2D eigenvalue weighted by molar-refractivity contribution is 8.00. The SMILES string of the molecule is NS(=O)(=O)c1ccc(NC(=O)C(Sc2ccc(NS(=O)(=O)c3cccs3)cc2)c2ccccc2)cc1. The van der Waals surface area contributed by atoms with Crippen molar-refractivity contribution in [2.75, 3.05) is 10.0 Å². The first kappa shape index (κ1) is 25.9. The van der Waals surface area contributed by atoms with Gasteiger partial charge in [-0.05, 0) is 65.5 Å². The van der Waals surface area contributed by atoms with E-state index in [0.717, 1.165) is 21.8 Å². The Morgan fingerprint density at radius 3 is 2.03 bits per heavy atom. The number of thioether (sulfide) groups is 1. The van der Waals surface area contributed by atoms with E-state index in [1.807, 2.05) is 30.3 Å². The highest BCUT2D eigenvalue weighted by Gasteiger charge is 2.23. The second-order valence-corrected chi connectivity index (χ2v) is 13.1. The number of rotatable bonds is 9. The van der Waals surface area contributed by atoms with Gasteiger partial charge in [-0.1, -0.05) is 36.4 Å². The van der Waals surface area contributed by atoms with E-state index in [-0.39, 0.29) is 15.0 Å². The monoisotopic (exact) mass is 559 g/mol. The Hall–Kier alpha value is -3.16. The lowest BCUT2D eigenvalue weighted by Gasteiger charge is -2.17. The molecule has 12 heteroatoms. The van der Waals surface area contributed by atoms with Crippen LogP contribution in [0.2, 0.25) is 0 Å². The minimum atomic E-state index is -3.84. The van der Waals surface area contributed by atoms with Gasteiger partial charge in [0.25, 0.3) is 10.0 Å². The molecule has 0 spiro atoms. The number of carbonyl (C=O) groups is 1. The van der Waals surface area contributed by atoms with E-state index in [9.17, 15) is 21.6 Å². The van der Waals surface area contributed by atoms with Crippen molar-refractivity contribution in [1.29, 1.82) is 0 Å². The van der Waals surface area contributed by atoms with E-state index in [2.05, 4.69) is 10.0 Å². The zero-order chi connectivity index (χ0) is 25.8. The van der Waals surface area contributed by atoms with Crippen LogP contribution >= 0.6 is 23.1 Å². The van der Waals surface area contributed by atoms with E-state index in [4.69, 9.17) is 5.14 Å². The minimum Gasteiger partial charge on any atom is -0.325 e. The lowest BCUT2D eigenvalue weighted by Crippen LogP contribution is -2.19. The standard InChI is InChI=1S/C24H21N3O5S4/c25-35(29,30)21-14-10-18(11-15-21)26-24(28)23(17-5-2-1-3-6-17)34-20-12-8-19(9-13-20)27-36(31,32)22-7-4-16-33-22/h1-16,23,27H,(H,26,28)(H2,25,29,30). The lowest BCUT2D eigenvalue weighted by molar-refractivity contribution is -0.115. The van der Waals surface area contributed by atoms with Crippen molar-refractivity contribution >= 4 is 60.4 Å². The molecule has 3 aromatic carbocycles. The van der Waals surface area contributed by atoms with Crippen molar-refractivity contribution in [1.82, 2.24) is 0 Å². The van der Waals surface area contributed by atoms with Gasteiger partial charge in [0.05, 0.1) is 4.90 Å². The van der Waals surface area contributed by atoms with E-state index < -0.39 is 25.3 Å². The smallest absolute Gasteiger partial charge is 0.271 e. The molecule has 1 unspecified atom stereocenters. The number of nitrogens with two attached hydrogens (primary N) is 1. The van der Waals surface area contributed by atoms with Gasteiger partial charge in [-0.3, -0.25) is 9.52 Å². The second kappa shape index (κ2) is 10.8. The minimum absolute atomic E-state index is 0.0516. The van der Waals surface area contributed by atoms with Crippen molar-refractivity contribution in [3.8, 4) is 0 Å². The first-order valence-corrected chi connectivity index (χ1v) is 15.2. The zero-order valence-electron chi connectivity index (χ0n) is 18.6. The molecule has 4 rings (SSSR count). The summed E-state index contributed by atoms with van der Waals surface area (Å²) in [6, 6.07) is 24.7. The van der Waals surface area contributed by atoms with Gasteiger partial charge in [0, 0.05) is 16.3 Å². The Balaban J connectivity index is 1.51. The number of anilines is 2. The van der Waals surface area contributed by atoms with Crippen LogP contribution in [0.5, 0.6) is 0 Å². The Bertz CT molecular complexity index is 1540. The van der Waals surface area contributed by atoms with Crippen LogP contribution < -0.4 is 15.2 Å². The summed E-state index contributed by atoms with van der Waals surface area (Å²) in [7, 11) is -7.49. The first-order chi connectivity index (χ1) is 17.1. The van der Waals surface area contributed by atoms with Crippen LogP contribution in [0.1, 0.15) is 10.8 Å². The Labute approximate surface area is 217 Å². The first-order valence-electron chi connectivity index (χ1n) is 10.4. The third-order valence-electron chi connectivity index (χ3n) is 4.91. The van der Waals surface area contributed by atoms with Gasteiger partial charge in [0.1, 0.15) is 9.46 Å². The number of amides is 1. The number of hydrogen-bond acceptors (Lipinski definition) is 7. The van der Waals surface area contributed by atoms with Gasteiger partial charge < -0.3 is 5.32 Å². The quantitative estimate of drug-likeness (QED) is 0.255. The van der Waals surface area contributed by atoms with Crippen LogP contribution in [0, 0.1) is 0 Å². The summed E-state index contributed by atoms with van der Waals surface area (Å²) in [4.78, 5) is 13.9. The Morgan fingerprint density at radius 2 is 1.44 bits per heavy atom. The van der Waals surface area contributed by atoms with Crippen LogP contribution in [-0.4, -0.2) is 22.7 Å². The number of hydrogen-bond donors (Lipinski definition) is 3. The van der Waals surface area contributed by atoms with Gasteiger partial charge in [-0.25, -0.2) is 22.0 Å². The molecule has 0 bridgehead atoms. The summed E-state index contributed by atoms with van der Waals surface area (Å²) in [6.45, 7) is 0. The number of primary sulfonamides is 1. The molecule has 1 aromatic heterocycles. The number of carbonyl (C=O) groups excluding carboxylic acids is 1. The second-order valence-electron chi connectivity index (χ2n) is 7.53. The van der Waals surface area contributed by atoms with Crippen LogP contribution in [0.15, 0.2) is 110 Å². The molecule has 0 radical (unpaired) electrons. The van der Waals surface area contributed by atoms with Gasteiger partial charge in [-0.15, -0.1) is 23.1 Å². The van der Waals surface area contributed by atoms with Crippen molar-refractivity contribution < 1.29 is 21.6 Å². The summed E-state index contributed by atoms with van der Waals surface area (Å²) >= 11 is 2.43. The molecule has 36 heavy (non-hydrogen) atoms. The molecule has 0 aliphatic heterocycles. The molecular formula is C24H21N3O5S4. The normalized spacial score (nSPS) is 12.6. The molecule has 8 nitrogen and oxygen atoms in total. The average molecular weight is 560 g/mol. The van der Waals surface area contributed by atoms with Crippen molar-refractivity contribution in [3.05, 3.63) is 102 Å². The summed E-state index contributed by atoms with van der Waals surface area (Å²) in [5.74, 6) is -0.308. The summed E-state index contributed by atoms with van der Waals surface area (Å²) < 4.78 is 50.6. The molecule has 0 aliphatic rings. The highest BCUT2D eigenvalue weighted by Crippen LogP contribution is 2.37. The molecule has 4 N–H and O–H groups in total. The maximum atomic E-state index is 13.2. The van der Waals surface area contributed by atoms with Crippen LogP contribution in [0.25, 0.3) is 0 Å². The molecule has 0 saturated carbocycles. The molecule has 1 heterocycles. The van der Waals surface area contributed by atoms with Crippen LogP contribution in [0.4, 0.5) is 11.4 Å². The summed E-state index contributed by atoms with van der Waals surface area (Å²) in [5, 5.41) is 9.01. The topological polar surface area (TPSA) is 135 Å². The van der Waals surface area contributed by atoms with Crippen molar-refractivity contribution in [2.24, 2.45) is 5.14 Å². The maximum Gasteiger partial charge on any atom is 0.271 e. The van der Waals surface area contributed by atoms with E-state index in [1.165, 1.54) is 42.1 Å². The summed E-state index contributed by atoms with van der Waals surface area (Å²) in [5.41, 5.74) is 1.60. The molecule has 0 fully saturated rings. The molecule has 0 aliphatic carbocycles. The molecule has 1 amide bonds. The number of benzene rings is 3. The predicted molar refractivity (Wildman–Crippen MR) is 143 cm³/mol. The Morgan fingerprint density at radius 1 is 0.806 bits per heavy atom. The number of thiophene rings is 1. The fourth-order valence-electron chi connectivity index (χ4n) is 3.20. The molecule has 0 saturated heterocycles. The largest absolute Gasteiger partial charge is 0.325 e. The molecule has 1 atom stereocenters. The maximum absolute atomic E-state index is 13.2. The molecular weight excluding hydrogens is 539 g/mol.